The number of hydrogen-bond donors (Lipinski definition) is 1. The van der Waals surface area contributed by atoms with E-state index in [4.69, 9.17) is 9.84 Å². The number of aliphatic hydroxyl groups excluding tert-OH is 1. The Morgan fingerprint density at radius 3 is 2.15 bits per heavy atom. The first-order valence-electron chi connectivity index (χ1n) is 11.4. The molecule has 6 heteroatoms. The van der Waals surface area contributed by atoms with Gasteiger partial charge in [-0.25, -0.2) is 4.99 Å². The smallest absolute Gasteiger partial charge is 0.193 e. The molecule has 0 saturated heterocycles. The first kappa shape index (κ1) is 25.2. The first-order chi connectivity index (χ1) is 16.5. The molecule has 178 valence electrons. The summed E-state index contributed by atoms with van der Waals surface area (Å²) in [6.45, 7) is 2.53. The van der Waals surface area contributed by atoms with Crippen LogP contribution < -0.4 is 5.11 Å². The Morgan fingerprint density at radius 2 is 1.53 bits per heavy atom. The summed E-state index contributed by atoms with van der Waals surface area (Å²) >= 11 is 0. The summed E-state index contributed by atoms with van der Waals surface area (Å²) in [5.41, 5.74) is 4.71. The molecular weight excluding hydrogens is 428 g/mol. The summed E-state index contributed by atoms with van der Waals surface area (Å²) in [5.74, 6) is 0. The van der Waals surface area contributed by atoms with Gasteiger partial charge in [-0.05, 0) is 28.8 Å². The Labute approximate surface area is 201 Å². The van der Waals surface area contributed by atoms with E-state index >= 15 is 0 Å². The molecule has 3 aromatic carbocycles. The topological polar surface area (TPSA) is 87.8 Å². The summed E-state index contributed by atoms with van der Waals surface area (Å²) in [4.78, 5) is 4.02. The lowest BCUT2D eigenvalue weighted by Gasteiger charge is -2.32. The highest BCUT2D eigenvalue weighted by Gasteiger charge is 2.21. The van der Waals surface area contributed by atoms with Crippen LogP contribution in [0.2, 0.25) is 0 Å². The first-order valence-corrected chi connectivity index (χ1v) is 11.4. The van der Waals surface area contributed by atoms with Gasteiger partial charge in [0.1, 0.15) is 19.6 Å². The van der Waals surface area contributed by atoms with E-state index in [0.717, 1.165) is 22.3 Å². The quantitative estimate of drug-likeness (QED) is 0.156. The molecule has 0 heterocycles. The number of quaternary nitrogens is 1. The van der Waals surface area contributed by atoms with Crippen molar-refractivity contribution >= 4 is 23.9 Å². The molecule has 1 atom stereocenters. The Morgan fingerprint density at radius 1 is 0.912 bits per heavy atom. The molecule has 0 saturated carbocycles. The monoisotopic (exact) mass is 461 g/mol. The Kier molecular flexibility index (Phi) is 9.40. The number of aliphatic imine (C=N–C) groups is 1. The van der Waals surface area contributed by atoms with Crippen molar-refractivity contribution in [2.24, 2.45) is 4.99 Å². The van der Waals surface area contributed by atoms with E-state index in [1.807, 2.05) is 67.7 Å². The second-order valence-electron chi connectivity index (χ2n) is 8.52. The van der Waals surface area contributed by atoms with Crippen molar-refractivity contribution in [3.63, 3.8) is 0 Å². The molecule has 0 amide bonds. The van der Waals surface area contributed by atoms with E-state index < -0.39 is 6.08 Å². The van der Waals surface area contributed by atoms with Gasteiger partial charge in [-0.15, -0.1) is 0 Å². The number of aliphatic hydroxyl groups is 1. The molecule has 0 aliphatic carbocycles. The third kappa shape index (κ3) is 8.15. The average molecular weight is 462 g/mol. The minimum absolute atomic E-state index is 0.0862. The van der Waals surface area contributed by atoms with Gasteiger partial charge in [0.2, 0.25) is 0 Å². The minimum Gasteiger partial charge on any atom is -0.595 e. The second-order valence-corrected chi connectivity index (χ2v) is 8.52. The number of nitrogens with zero attached hydrogens (tertiary/aromatic N) is 2. The number of likely N-dealkylation sites (N-methyl/N-ethyl adjacent to an activating group) is 1. The van der Waals surface area contributed by atoms with Crippen LogP contribution in [0.4, 0.5) is 5.69 Å². The second kappa shape index (κ2) is 12.7. The van der Waals surface area contributed by atoms with Crippen molar-refractivity contribution in [1.82, 2.24) is 0 Å². The van der Waals surface area contributed by atoms with Crippen LogP contribution in [-0.2, 0) is 17.9 Å². The van der Waals surface area contributed by atoms with Crippen LogP contribution in [0.15, 0.2) is 83.9 Å². The zero-order valence-electron chi connectivity index (χ0n) is 19.6. The standard InChI is InChI=1S/C28H32N2O4/c1-30(17-19-31,18-20-32)21-25-13-15-27(16-14-25)29-28(33)34-22-26-11-9-24(10-12-26)8-7-23-5-3-2-4-6-23/h2-16,31-32H,17-22H2,1H3/p+1/b8-7+. The van der Waals surface area contributed by atoms with Crippen molar-refractivity contribution < 1.29 is 24.5 Å². The van der Waals surface area contributed by atoms with Crippen LogP contribution in [0, 0.1) is 0 Å². The fourth-order valence-corrected chi connectivity index (χ4v) is 3.66. The molecule has 34 heavy (non-hydrogen) atoms. The molecule has 0 aromatic heterocycles. The van der Waals surface area contributed by atoms with Crippen molar-refractivity contribution in [1.29, 1.82) is 0 Å². The Balaban J connectivity index is 1.52. The lowest BCUT2D eigenvalue weighted by atomic mass is 10.1. The number of hydrogen-bond acceptors (Lipinski definition) is 4. The highest BCUT2D eigenvalue weighted by Crippen LogP contribution is 2.17. The zero-order valence-corrected chi connectivity index (χ0v) is 19.6. The summed E-state index contributed by atoms with van der Waals surface area (Å²) in [6.07, 6.45) is 3.47. The van der Waals surface area contributed by atoms with E-state index in [0.29, 0.717) is 36.4 Å². The van der Waals surface area contributed by atoms with Crippen LogP contribution in [0.3, 0.4) is 0 Å². The molecule has 0 bridgehead atoms. The molecule has 0 aliphatic rings. The number of ether oxygens (including phenoxy) is 1. The van der Waals surface area contributed by atoms with E-state index in [9.17, 15) is 10.2 Å². The van der Waals surface area contributed by atoms with Gasteiger partial charge in [-0.2, -0.15) is 0 Å². The van der Waals surface area contributed by atoms with Gasteiger partial charge in [-0.3, -0.25) is 0 Å². The number of rotatable bonds is 11. The van der Waals surface area contributed by atoms with E-state index in [1.54, 1.807) is 12.1 Å². The van der Waals surface area contributed by atoms with Crippen molar-refractivity contribution in [3.05, 3.63) is 101 Å². The maximum Gasteiger partial charge on any atom is 0.193 e. The van der Waals surface area contributed by atoms with E-state index in [1.165, 1.54) is 0 Å². The average Bonchev–Trinajstić information content (AvgIpc) is 2.84. The van der Waals surface area contributed by atoms with Crippen LogP contribution in [0.1, 0.15) is 22.3 Å². The van der Waals surface area contributed by atoms with Gasteiger partial charge in [0.25, 0.3) is 0 Å². The van der Waals surface area contributed by atoms with Crippen molar-refractivity contribution in [2.45, 2.75) is 13.2 Å². The third-order valence-corrected chi connectivity index (χ3v) is 5.62. The van der Waals surface area contributed by atoms with Crippen LogP contribution in [0.25, 0.3) is 12.2 Å². The summed E-state index contributed by atoms with van der Waals surface area (Å²) < 4.78 is 5.90. The molecule has 0 radical (unpaired) electrons. The molecule has 3 N–H and O–H groups in total. The Bertz CT molecular complexity index is 1060. The molecule has 3 rings (SSSR count). The van der Waals surface area contributed by atoms with Gasteiger partial charge in [0.05, 0.1) is 19.3 Å². The van der Waals surface area contributed by atoms with E-state index in [2.05, 4.69) is 23.2 Å². The summed E-state index contributed by atoms with van der Waals surface area (Å²) in [7, 11) is 2.03. The molecular formula is C28H33N2O4+. The molecule has 0 spiro atoms. The van der Waals surface area contributed by atoms with Gasteiger partial charge >= 0.3 is 0 Å². The van der Waals surface area contributed by atoms with Gasteiger partial charge < -0.3 is 24.5 Å². The molecule has 0 aliphatic heterocycles. The molecule has 3 aromatic rings. The summed E-state index contributed by atoms with van der Waals surface area (Å²) in [5, 5.41) is 29.0. The lowest BCUT2D eigenvalue weighted by Crippen LogP contribution is -2.47. The number of benzene rings is 3. The zero-order chi connectivity index (χ0) is 24.2. The molecule has 0 fully saturated rings. The van der Waals surface area contributed by atoms with Gasteiger partial charge in [0.15, 0.2) is 12.7 Å². The van der Waals surface area contributed by atoms with Crippen molar-refractivity contribution in [2.75, 3.05) is 33.4 Å². The van der Waals surface area contributed by atoms with Gasteiger partial charge in [-0.1, -0.05) is 78.9 Å². The van der Waals surface area contributed by atoms with Gasteiger partial charge in [0, 0.05) is 12.2 Å². The summed E-state index contributed by atoms with van der Waals surface area (Å²) in [6, 6.07) is 25.4. The highest BCUT2D eigenvalue weighted by molar-refractivity contribution is 5.69. The molecule has 6 nitrogen and oxygen atoms in total. The minimum atomic E-state index is -0.629. The fourth-order valence-electron chi connectivity index (χ4n) is 3.66. The van der Waals surface area contributed by atoms with Crippen LogP contribution in [0.5, 0.6) is 0 Å². The van der Waals surface area contributed by atoms with Crippen molar-refractivity contribution in [3.8, 4) is 0 Å². The SMILES string of the molecule is C[N+](CCO)(CC[OH2+])Cc1ccc(N=C([O-])OCc2ccc(/C=C/c3ccccc3)cc2)cc1. The fraction of sp³-hybridized carbons (Fsp3) is 0.250. The normalized spacial score (nSPS) is 13.7. The van der Waals surface area contributed by atoms with Crippen LogP contribution in [-0.4, -0.2) is 54.1 Å². The third-order valence-electron chi connectivity index (χ3n) is 5.62. The van der Waals surface area contributed by atoms with Crippen LogP contribution >= 0.6 is 0 Å². The largest absolute Gasteiger partial charge is 0.595 e. The predicted octanol–water partition coefficient (Wildman–Crippen LogP) is 3.09. The van der Waals surface area contributed by atoms with E-state index in [-0.39, 0.29) is 13.2 Å². The highest BCUT2D eigenvalue weighted by atomic mass is 16.6. The Hall–Kier alpha value is -3.45. The maximum atomic E-state index is 12.1. The lowest BCUT2D eigenvalue weighted by molar-refractivity contribution is -0.923. The predicted molar refractivity (Wildman–Crippen MR) is 135 cm³/mol. The molecule has 1 unspecified atom stereocenters. The maximum absolute atomic E-state index is 12.1.